The second-order valence-corrected chi connectivity index (χ2v) is 7.40. The number of hydrogen-bond donors (Lipinski definition) is 1. The summed E-state index contributed by atoms with van der Waals surface area (Å²) in [7, 11) is -3.51. The first-order valence-corrected chi connectivity index (χ1v) is 8.97. The van der Waals surface area contributed by atoms with Crippen molar-refractivity contribution in [2.75, 3.05) is 13.1 Å². The van der Waals surface area contributed by atoms with Crippen LogP contribution >= 0.6 is 0 Å². The predicted octanol–water partition coefficient (Wildman–Crippen LogP) is 1.66. The van der Waals surface area contributed by atoms with Crippen LogP contribution in [0.1, 0.15) is 45.0 Å². The topological polar surface area (TPSA) is 81.2 Å². The van der Waals surface area contributed by atoms with Gasteiger partial charge in [0.05, 0.1) is 11.4 Å². The Balaban J connectivity index is 3.27. The van der Waals surface area contributed by atoms with Crippen molar-refractivity contribution < 1.29 is 8.42 Å². The lowest BCUT2D eigenvalue weighted by molar-refractivity contribution is 0.353. The number of sulfonamides is 1. The van der Waals surface area contributed by atoms with Crippen molar-refractivity contribution in [1.82, 2.24) is 14.1 Å². The van der Waals surface area contributed by atoms with E-state index < -0.39 is 10.0 Å². The van der Waals surface area contributed by atoms with Gasteiger partial charge in [-0.3, -0.25) is 4.68 Å². The van der Waals surface area contributed by atoms with E-state index in [1.54, 1.807) is 15.9 Å². The Morgan fingerprint density at radius 1 is 1.33 bits per heavy atom. The quantitative estimate of drug-likeness (QED) is 0.791. The molecule has 7 heteroatoms. The van der Waals surface area contributed by atoms with E-state index in [1.807, 2.05) is 27.7 Å². The molecule has 1 rings (SSSR count). The van der Waals surface area contributed by atoms with Crippen LogP contribution in [0, 0.1) is 13.8 Å². The average molecular weight is 316 g/mol. The average Bonchev–Trinajstić information content (AvgIpc) is 2.68. The second-order valence-electron chi connectivity index (χ2n) is 5.57. The molecule has 6 nitrogen and oxygen atoms in total. The molecule has 0 bridgehead atoms. The van der Waals surface area contributed by atoms with Crippen LogP contribution in [0.25, 0.3) is 0 Å². The zero-order valence-electron chi connectivity index (χ0n) is 13.8. The molecule has 0 aliphatic rings. The molecule has 1 aromatic rings. The summed E-state index contributed by atoms with van der Waals surface area (Å²) in [5, 5.41) is 4.37. The van der Waals surface area contributed by atoms with Gasteiger partial charge in [-0.2, -0.15) is 9.40 Å². The van der Waals surface area contributed by atoms with Gasteiger partial charge in [-0.05, 0) is 47.1 Å². The van der Waals surface area contributed by atoms with Crippen molar-refractivity contribution in [2.24, 2.45) is 5.73 Å². The molecule has 0 amide bonds. The van der Waals surface area contributed by atoms with Gasteiger partial charge in [0.2, 0.25) is 10.0 Å². The number of nitrogens with two attached hydrogens (primary N) is 1. The van der Waals surface area contributed by atoms with Gasteiger partial charge in [0.1, 0.15) is 4.90 Å². The molecular weight excluding hydrogens is 288 g/mol. The molecule has 0 radical (unpaired) electrons. The molecule has 0 spiro atoms. The third-order valence-corrected chi connectivity index (χ3v) is 5.80. The normalized spacial score (nSPS) is 12.6. The fourth-order valence-corrected chi connectivity index (χ4v) is 4.61. The zero-order chi connectivity index (χ0) is 16.2. The van der Waals surface area contributed by atoms with Gasteiger partial charge in [-0.15, -0.1) is 0 Å². The number of hydrogen-bond acceptors (Lipinski definition) is 4. The minimum absolute atomic E-state index is 0.0684. The molecule has 0 atom stereocenters. The minimum atomic E-state index is -3.51. The summed E-state index contributed by atoms with van der Waals surface area (Å²) in [6.07, 6.45) is 1.57. The molecule has 0 aromatic carbocycles. The highest BCUT2D eigenvalue weighted by Crippen LogP contribution is 2.25. The van der Waals surface area contributed by atoms with E-state index in [4.69, 9.17) is 5.73 Å². The molecule has 0 saturated heterocycles. The summed E-state index contributed by atoms with van der Waals surface area (Å²) < 4.78 is 29.2. The van der Waals surface area contributed by atoms with E-state index in [-0.39, 0.29) is 6.04 Å². The van der Waals surface area contributed by atoms with Crippen LogP contribution in [0.15, 0.2) is 4.90 Å². The van der Waals surface area contributed by atoms with Crippen LogP contribution in [0.4, 0.5) is 0 Å². The van der Waals surface area contributed by atoms with Gasteiger partial charge in [0.25, 0.3) is 0 Å². The molecule has 0 fully saturated rings. The molecule has 2 N–H and O–H groups in total. The van der Waals surface area contributed by atoms with E-state index in [1.165, 1.54) is 0 Å². The smallest absolute Gasteiger partial charge is 0.246 e. The Labute approximate surface area is 128 Å². The molecule has 122 valence electrons. The van der Waals surface area contributed by atoms with E-state index >= 15 is 0 Å². The van der Waals surface area contributed by atoms with E-state index in [0.717, 1.165) is 12.8 Å². The van der Waals surface area contributed by atoms with E-state index in [0.29, 0.717) is 35.9 Å². The first-order chi connectivity index (χ1) is 9.77. The van der Waals surface area contributed by atoms with Gasteiger partial charge >= 0.3 is 0 Å². The van der Waals surface area contributed by atoms with Crippen molar-refractivity contribution in [2.45, 2.75) is 64.9 Å². The van der Waals surface area contributed by atoms with Crippen molar-refractivity contribution in [1.29, 1.82) is 0 Å². The highest BCUT2D eigenvalue weighted by Gasteiger charge is 2.31. The molecule has 1 heterocycles. The van der Waals surface area contributed by atoms with Crippen molar-refractivity contribution in [3.05, 3.63) is 11.4 Å². The third kappa shape index (κ3) is 3.84. The molecule has 1 aromatic heterocycles. The Morgan fingerprint density at radius 3 is 2.43 bits per heavy atom. The number of aryl methyl sites for hydroxylation is 2. The zero-order valence-corrected chi connectivity index (χ0v) is 14.6. The summed E-state index contributed by atoms with van der Waals surface area (Å²) in [5.74, 6) is 0. The Hall–Kier alpha value is -0.920. The highest BCUT2D eigenvalue weighted by molar-refractivity contribution is 7.89. The van der Waals surface area contributed by atoms with Crippen molar-refractivity contribution >= 4 is 10.0 Å². The first-order valence-electron chi connectivity index (χ1n) is 7.53. The van der Waals surface area contributed by atoms with Crippen molar-refractivity contribution in [3.63, 3.8) is 0 Å². The molecule has 0 aliphatic heterocycles. The standard InChI is InChI=1S/C14H28N4O2S/c1-6-9-18(11(2)3)21(19,20)14-12(4)16-17(13(14)5)10-7-8-15/h11H,6-10,15H2,1-5H3. The van der Waals surface area contributed by atoms with Crippen LogP contribution in [0.5, 0.6) is 0 Å². The van der Waals surface area contributed by atoms with E-state index in [9.17, 15) is 8.42 Å². The summed E-state index contributed by atoms with van der Waals surface area (Å²) in [5.41, 5.74) is 6.78. The van der Waals surface area contributed by atoms with E-state index in [2.05, 4.69) is 5.10 Å². The maximum Gasteiger partial charge on any atom is 0.246 e. The number of rotatable bonds is 8. The van der Waals surface area contributed by atoms with Gasteiger partial charge < -0.3 is 5.73 Å². The van der Waals surface area contributed by atoms with Crippen LogP contribution in [0.2, 0.25) is 0 Å². The lowest BCUT2D eigenvalue weighted by atomic mass is 10.3. The maximum atomic E-state index is 12.9. The van der Waals surface area contributed by atoms with Crippen LogP contribution < -0.4 is 5.73 Å². The molecule has 0 unspecified atom stereocenters. The predicted molar refractivity (Wildman–Crippen MR) is 84.7 cm³/mol. The molecule has 21 heavy (non-hydrogen) atoms. The monoisotopic (exact) mass is 316 g/mol. The fourth-order valence-electron chi connectivity index (χ4n) is 2.51. The third-order valence-electron chi connectivity index (χ3n) is 3.48. The Bertz CT molecular complexity index is 564. The van der Waals surface area contributed by atoms with Crippen molar-refractivity contribution in [3.8, 4) is 0 Å². The molecule has 0 aliphatic carbocycles. The maximum absolute atomic E-state index is 12.9. The summed E-state index contributed by atoms with van der Waals surface area (Å²) in [6.45, 7) is 11.1. The van der Waals surface area contributed by atoms with Crippen LogP contribution in [0.3, 0.4) is 0 Å². The minimum Gasteiger partial charge on any atom is -0.330 e. The fraction of sp³-hybridized carbons (Fsp3) is 0.786. The number of aromatic nitrogens is 2. The lowest BCUT2D eigenvalue weighted by Gasteiger charge is -2.25. The van der Waals surface area contributed by atoms with Gasteiger partial charge in [0.15, 0.2) is 0 Å². The highest BCUT2D eigenvalue weighted by atomic mass is 32.2. The van der Waals surface area contributed by atoms with Gasteiger partial charge in [-0.1, -0.05) is 6.92 Å². The Morgan fingerprint density at radius 2 is 1.95 bits per heavy atom. The lowest BCUT2D eigenvalue weighted by Crippen LogP contribution is -2.38. The molecule has 0 saturated carbocycles. The van der Waals surface area contributed by atoms with Crippen LogP contribution in [-0.4, -0.2) is 41.6 Å². The second kappa shape index (κ2) is 7.38. The van der Waals surface area contributed by atoms with Crippen LogP contribution in [-0.2, 0) is 16.6 Å². The first kappa shape index (κ1) is 18.1. The number of nitrogens with zero attached hydrogens (tertiary/aromatic N) is 3. The summed E-state index contributed by atoms with van der Waals surface area (Å²) in [6, 6.07) is -0.0684. The SMILES string of the molecule is CCCN(C(C)C)S(=O)(=O)c1c(C)nn(CCCN)c1C. The van der Waals surface area contributed by atoms with Gasteiger partial charge in [-0.25, -0.2) is 8.42 Å². The molecular formula is C14H28N4O2S. The largest absolute Gasteiger partial charge is 0.330 e. The summed E-state index contributed by atoms with van der Waals surface area (Å²) in [4.78, 5) is 0.349. The Kier molecular flexibility index (Phi) is 6.37. The van der Waals surface area contributed by atoms with Gasteiger partial charge in [0, 0.05) is 19.1 Å². The summed E-state index contributed by atoms with van der Waals surface area (Å²) >= 11 is 0.